The molecule has 196 valence electrons. The molecule has 0 saturated heterocycles. The van der Waals surface area contributed by atoms with Crippen LogP contribution in [0.5, 0.6) is 5.75 Å². The fourth-order valence-electron chi connectivity index (χ4n) is 4.54. The molecule has 2 N–H and O–H groups in total. The van der Waals surface area contributed by atoms with Crippen molar-refractivity contribution in [1.29, 1.82) is 0 Å². The summed E-state index contributed by atoms with van der Waals surface area (Å²) in [5.74, 6) is -1.03. The summed E-state index contributed by atoms with van der Waals surface area (Å²) < 4.78 is 33.8. The molecule has 3 aromatic carbocycles. The number of sulfonamides is 1. The van der Waals surface area contributed by atoms with Crippen molar-refractivity contribution in [2.45, 2.75) is 38.1 Å². The van der Waals surface area contributed by atoms with E-state index in [1.807, 2.05) is 18.2 Å². The molecule has 9 heteroatoms. The first-order chi connectivity index (χ1) is 18.0. The van der Waals surface area contributed by atoms with Crippen LogP contribution in [0.15, 0.2) is 71.1 Å². The fourth-order valence-corrected chi connectivity index (χ4v) is 6.70. The highest BCUT2D eigenvalue weighted by molar-refractivity contribution is 7.92. The third-order valence-electron chi connectivity index (χ3n) is 6.88. The lowest BCUT2D eigenvalue weighted by atomic mass is 9.77. The fraction of sp³-hybridized carbons (Fsp3) is 0.241. The summed E-state index contributed by atoms with van der Waals surface area (Å²) in [7, 11) is -2.68. The molecular formula is C29H28N2O5S2. The molecule has 0 bridgehead atoms. The number of nitrogens with one attached hydrogen (secondary N) is 1. The van der Waals surface area contributed by atoms with Gasteiger partial charge in [0, 0.05) is 10.9 Å². The summed E-state index contributed by atoms with van der Waals surface area (Å²) in [4.78, 5) is 15.6. The van der Waals surface area contributed by atoms with E-state index in [0.29, 0.717) is 10.4 Å². The van der Waals surface area contributed by atoms with Crippen LogP contribution in [0.25, 0.3) is 26.9 Å². The van der Waals surface area contributed by atoms with E-state index in [0.717, 1.165) is 35.6 Å². The van der Waals surface area contributed by atoms with Crippen LogP contribution < -0.4 is 9.46 Å². The normalized spacial score (nSPS) is 15.2. The summed E-state index contributed by atoms with van der Waals surface area (Å²) in [6, 6.07) is 16.4. The van der Waals surface area contributed by atoms with Crippen LogP contribution in [0.2, 0.25) is 0 Å². The molecular weight excluding hydrogens is 520 g/mol. The van der Waals surface area contributed by atoms with E-state index in [9.17, 15) is 18.3 Å². The van der Waals surface area contributed by atoms with Gasteiger partial charge in [-0.1, -0.05) is 44.2 Å². The second-order valence-electron chi connectivity index (χ2n) is 10.2. The van der Waals surface area contributed by atoms with Crippen molar-refractivity contribution < 1.29 is 23.1 Å². The average molecular weight is 549 g/mol. The second kappa shape index (κ2) is 9.89. The van der Waals surface area contributed by atoms with Crippen molar-refractivity contribution in [3.05, 3.63) is 77.2 Å². The van der Waals surface area contributed by atoms with Crippen LogP contribution in [-0.2, 0) is 10.0 Å². The van der Waals surface area contributed by atoms with Crippen molar-refractivity contribution in [3.8, 4) is 16.3 Å². The van der Waals surface area contributed by atoms with E-state index in [2.05, 4.69) is 47.8 Å². The van der Waals surface area contributed by atoms with Crippen LogP contribution in [0, 0.1) is 5.41 Å². The molecule has 1 aromatic heterocycles. The van der Waals surface area contributed by atoms with Gasteiger partial charge in [-0.3, -0.25) is 4.72 Å². The number of hydrogen-bond acceptors (Lipinski definition) is 6. The molecule has 0 saturated carbocycles. The Labute approximate surface area is 225 Å². The Bertz CT molecular complexity index is 1690. The number of thiazole rings is 1. The number of carboxylic acid groups (broad SMARTS) is 1. The predicted octanol–water partition coefficient (Wildman–Crippen LogP) is 7.06. The average Bonchev–Trinajstić information content (AvgIpc) is 3.39. The largest absolute Gasteiger partial charge is 0.495 e. The second-order valence-corrected chi connectivity index (χ2v) is 12.7. The standard InChI is InChI=1S/C29H28N2O5S2/c1-29(2)12-10-19(11-13-29)20-6-4-18-5-7-21(15-23(18)14-20)27-30-26(17-37-27)38(34,35)31-24-9-8-22(28(32)33)16-25(24)36-3/h4-10,14-17,31H,11-13H2,1-3H3,(H,32,33). The van der Waals surface area contributed by atoms with Gasteiger partial charge in [0.15, 0.2) is 5.03 Å². The van der Waals surface area contributed by atoms with Crippen molar-refractivity contribution in [2.75, 3.05) is 11.8 Å². The number of carbonyl (C=O) groups is 1. The smallest absolute Gasteiger partial charge is 0.335 e. The van der Waals surface area contributed by atoms with E-state index in [1.54, 1.807) is 0 Å². The lowest BCUT2D eigenvalue weighted by molar-refractivity contribution is 0.0696. The van der Waals surface area contributed by atoms with E-state index in [1.165, 1.54) is 53.2 Å². The summed E-state index contributed by atoms with van der Waals surface area (Å²) >= 11 is 1.25. The number of hydrogen-bond donors (Lipinski definition) is 2. The van der Waals surface area contributed by atoms with Crippen molar-refractivity contribution >= 4 is 49.4 Å². The molecule has 0 amide bonds. The molecule has 0 fully saturated rings. The number of fused-ring (bicyclic) bond motifs is 1. The molecule has 0 aliphatic heterocycles. The number of ether oxygens (including phenoxy) is 1. The lowest BCUT2D eigenvalue weighted by Crippen LogP contribution is -2.14. The molecule has 1 heterocycles. The van der Waals surface area contributed by atoms with Gasteiger partial charge in [0.05, 0.1) is 18.4 Å². The molecule has 7 nitrogen and oxygen atoms in total. The number of benzene rings is 3. The topological polar surface area (TPSA) is 106 Å². The zero-order chi connectivity index (χ0) is 27.1. The highest BCUT2D eigenvalue weighted by Gasteiger charge is 2.23. The Morgan fingerprint density at radius 1 is 1.05 bits per heavy atom. The number of aromatic nitrogens is 1. The lowest BCUT2D eigenvalue weighted by Gasteiger charge is -2.28. The van der Waals surface area contributed by atoms with E-state index < -0.39 is 16.0 Å². The first-order valence-corrected chi connectivity index (χ1v) is 14.5. The molecule has 1 aliphatic carbocycles. The Morgan fingerprint density at radius 2 is 1.79 bits per heavy atom. The number of allylic oxidation sites excluding steroid dienone is 2. The van der Waals surface area contributed by atoms with Gasteiger partial charge in [-0.2, -0.15) is 8.42 Å². The van der Waals surface area contributed by atoms with Gasteiger partial charge in [0.25, 0.3) is 10.0 Å². The summed E-state index contributed by atoms with van der Waals surface area (Å²) in [5, 5.41) is 13.3. The van der Waals surface area contributed by atoms with E-state index in [4.69, 9.17) is 4.74 Å². The Morgan fingerprint density at radius 3 is 2.47 bits per heavy atom. The van der Waals surface area contributed by atoms with Crippen LogP contribution in [0.3, 0.4) is 0 Å². The van der Waals surface area contributed by atoms with Gasteiger partial charge in [0.2, 0.25) is 0 Å². The number of aromatic carboxylic acids is 1. The molecule has 5 rings (SSSR count). The van der Waals surface area contributed by atoms with Gasteiger partial charge in [-0.15, -0.1) is 11.3 Å². The van der Waals surface area contributed by atoms with Gasteiger partial charge in [0.1, 0.15) is 10.8 Å². The van der Waals surface area contributed by atoms with Crippen molar-refractivity contribution in [3.63, 3.8) is 0 Å². The Hall–Kier alpha value is -3.69. The van der Waals surface area contributed by atoms with Crippen molar-refractivity contribution in [2.24, 2.45) is 5.41 Å². The number of carboxylic acids is 1. The zero-order valence-corrected chi connectivity index (χ0v) is 22.9. The minimum Gasteiger partial charge on any atom is -0.495 e. The third-order valence-corrected chi connectivity index (χ3v) is 9.17. The minimum atomic E-state index is -4.03. The highest BCUT2D eigenvalue weighted by Crippen LogP contribution is 2.39. The molecule has 1 aliphatic rings. The van der Waals surface area contributed by atoms with Crippen LogP contribution in [-0.4, -0.2) is 31.6 Å². The number of nitrogens with zero attached hydrogens (tertiary/aromatic N) is 1. The Kier molecular flexibility index (Phi) is 6.75. The monoisotopic (exact) mass is 548 g/mol. The van der Waals surface area contributed by atoms with Crippen LogP contribution >= 0.6 is 11.3 Å². The summed E-state index contributed by atoms with van der Waals surface area (Å²) in [5.41, 5.74) is 3.90. The van der Waals surface area contributed by atoms with Crippen molar-refractivity contribution in [1.82, 2.24) is 4.98 Å². The number of methoxy groups -OCH3 is 1. The van der Waals surface area contributed by atoms with Gasteiger partial charge in [-0.25, -0.2) is 9.78 Å². The molecule has 0 radical (unpaired) electrons. The quantitative estimate of drug-likeness (QED) is 0.256. The van der Waals surface area contributed by atoms with E-state index >= 15 is 0 Å². The molecule has 38 heavy (non-hydrogen) atoms. The summed E-state index contributed by atoms with van der Waals surface area (Å²) in [6.45, 7) is 4.60. The molecule has 4 aromatic rings. The molecule has 0 spiro atoms. The SMILES string of the molecule is COc1cc(C(=O)O)ccc1NS(=O)(=O)c1csc(-c2ccc3ccc(C4=CCC(C)(C)CC4)cc3c2)n1. The first kappa shape index (κ1) is 25.9. The van der Waals surface area contributed by atoms with Crippen LogP contribution in [0.4, 0.5) is 5.69 Å². The maximum Gasteiger partial charge on any atom is 0.335 e. The zero-order valence-electron chi connectivity index (χ0n) is 21.3. The molecule has 0 atom stereocenters. The van der Waals surface area contributed by atoms with Gasteiger partial charge >= 0.3 is 5.97 Å². The van der Waals surface area contributed by atoms with Crippen LogP contribution in [0.1, 0.15) is 49.0 Å². The van der Waals surface area contributed by atoms with Gasteiger partial charge < -0.3 is 9.84 Å². The minimum absolute atomic E-state index is 0.0104. The Balaban J connectivity index is 1.41. The summed E-state index contributed by atoms with van der Waals surface area (Å²) in [6.07, 6.45) is 5.64. The molecule has 0 unspecified atom stereocenters. The maximum absolute atomic E-state index is 13.1. The first-order valence-electron chi connectivity index (χ1n) is 12.2. The van der Waals surface area contributed by atoms with E-state index in [-0.39, 0.29) is 22.0 Å². The highest BCUT2D eigenvalue weighted by atomic mass is 32.2. The number of rotatable bonds is 7. The maximum atomic E-state index is 13.1. The third kappa shape index (κ3) is 5.30. The number of anilines is 1. The van der Waals surface area contributed by atoms with Gasteiger partial charge in [-0.05, 0) is 76.9 Å². The predicted molar refractivity (Wildman–Crippen MR) is 151 cm³/mol.